The lowest BCUT2D eigenvalue weighted by Gasteiger charge is -2.08. The molecule has 0 aliphatic rings. The van der Waals surface area contributed by atoms with Crippen molar-refractivity contribution in [1.82, 2.24) is 9.97 Å². The Morgan fingerprint density at radius 3 is 2.76 bits per heavy atom. The molecule has 6 nitrogen and oxygen atoms in total. The molecule has 0 saturated carbocycles. The van der Waals surface area contributed by atoms with Crippen molar-refractivity contribution >= 4 is 43.6 Å². The van der Waals surface area contributed by atoms with Crippen LogP contribution in [0.25, 0.3) is 33.3 Å². The quantitative estimate of drug-likeness (QED) is 0.409. The molecule has 25 heavy (non-hydrogen) atoms. The highest BCUT2D eigenvalue weighted by atomic mass is 79.9. The van der Waals surface area contributed by atoms with E-state index in [4.69, 9.17) is 14.9 Å². The van der Waals surface area contributed by atoms with Gasteiger partial charge in [0.15, 0.2) is 5.82 Å². The number of nitrogens with zero attached hydrogens (tertiary/aromatic N) is 2. The number of nitrogens with two attached hydrogens (primary N) is 1. The molecule has 0 unspecified atom stereocenters. The second-order valence-electron chi connectivity index (χ2n) is 5.42. The number of halogens is 1. The van der Waals surface area contributed by atoms with Crippen molar-refractivity contribution in [1.29, 1.82) is 0 Å². The number of aromatic nitrogens is 2. The van der Waals surface area contributed by atoms with Crippen molar-refractivity contribution in [2.45, 2.75) is 0 Å². The first-order valence-electron chi connectivity index (χ1n) is 7.41. The number of fused-ring (bicyclic) bond motifs is 3. The van der Waals surface area contributed by atoms with Gasteiger partial charge in [0.05, 0.1) is 12.6 Å². The molecule has 0 aliphatic carbocycles. The summed E-state index contributed by atoms with van der Waals surface area (Å²) in [4.78, 5) is 21.2. The van der Waals surface area contributed by atoms with Crippen molar-refractivity contribution < 1.29 is 9.15 Å². The maximum atomic E-state index is 12.3. The molecule has 2 aromatic heterocycles. The standard InChI is InChI=1S/C18H12BrN3O3/c1-24-11-5-6-12-13(8-11)25-18(23)14-15(12)21-17(22-16(14)20)9-3-2-4-10(19)7-9/h2-8H,1H3,(H2,20,21,22). The number of methoxy groups -OCH3 is 1. The van der Waals surface area contributed by atoms with Gasteiger partial charge in [0.1, 0.15) is 22.5 Å². The van der Waals surface area contributed by atoms with Crippen LogP contribution >= 0.6 is 15.9 Å². The van der Waals surface area contributed by atoms with Crippen LogP contribution in [0.3, 0.4) is 0 Å². The maximum absolute atomic E-state index is 12.3. The minimum Gasteiger partial charge on any atom is -0.497 e. The molecule has 0 atom stereocenters. The van der Waals surface area contributed by atoms with E-state index < -0.39 is 5.63 Å². The van der Waals surface area contributed by atoms with Crippen LogP contribution in [0.4, 0.5) is 5.82 Å². The van der Waals surface area contributed by atoms with Crippen LogP contribution in [0.1, 0.15) is 0 Å². The third-order valence-electron chi connectivity index (χ3n) is 3.87. The first-order valence-corrected chi connectivity index (χ1v) is 8.20. The van der Waals surface area contributed by atoms with Gasteiger partial charge in [0.25, 0.3) is 0 Å². The summed E-state index contributed by atoms with van der Waals surface area (Å²) in [6, 6.07) is 12.8. The molecular weight excluding hydrogens is 386 g/mol. The van der Waals surface area contributed by atoms with Gasteiger partial charge in [-0.1, -0.05) is 28.1 Å². The molecule has 0 spiro atoms. The van der Waals surface area contributed by atoms with E-state index in [1.807, 2.05) is 24.3 Å². The minimum atomic E-state index is -0.575. The van der Waals surface area contributed by atoms with Crippen LogP contribution in [-0.2, 0) is 0 Å². The summed E-state index contributed by atoms with van der Waals surface area (Å²) in [5.74, 6) is 1.12. The van der Waals surface area contributed by atoms with Gasteiger partial charge in [-0.05, 0) is 24.3 Å². The molecule has 0 bridgehead atoms. The fourth-order valence-electron chi connectivity index (χ4n) is 2.69. The molecule has 2 aromatic carbocycles. The van der Waals surface area contributed by atoms with Crippen molar-refractivity contribution in [3.63, 3.8) is 0 Å². The smallest absolute Gasteiger partial charge is 0.349 e. The average molecular weight is 398 g/mol. The van der Waals surface area contributed by atoms with E-state index in [0.717, 1.165) is 10.0 Å². The Morgan fingerprint density at radius 2 is 2.00 bits per heavy atom. The first-order chi connectivity index (χ1) is 12.1. The predicted octanol–water partition coefficient (Wildman–Crippen LogP) is 3.76. The summed E-state index contributed by atoms with van der Waals surface area (Å²) >= 11 is 3.43. The Kier molecular flexibility index (Phi) is 3.65. The third kappa shape index (κ3) is 2.62. The first kappa shape index (κ1) is 15.6. The van der Waals surface area contributed by atoms with Gasteiger partial charge in [-0.2, -0.15) is 0 Å². The summed E-state index contributed by atoms with van der Waals surface area (Å²) in [5, 5.41) is 0.845. The zero-order chi connectivity index (χ0) is 17.6. The monoisotopic (exact) mass is 397 g/mol. The predicted molar refractivity (Wildman–Crippen MR) is 99.7 cm³/mol. The van der Waals surface area contributed by atoms with Crippen molar-refractivity contribution in [2.75, 3.05) is 12.8 Å². The molecule has 0 saturated heterocycles. The van der Waals surface area contributed by atoms with Gasteiger partial charge in [-0.3, -0.25) is 0 Å². The van der Waals surface area contributed by atoms with Gasteiger partial charge >= 0.3 is 5.63 Å². The Balaban J connectivity index is 2.10. The topological polar surface area (TPSA) is 91.2 Å². The summed E-state index contributed by atoms with van der Waals surface area (Å²) in [5.41, 5.74) is 7.09. The van der Waals surface area contributed by atoms with E-state index >= 15 is 0 Å². The molecule has 7 heteroatoms. The highest BCUT2D eigenvalue weighted by Gasteiger charge is 2.16. The van der Waals surface area contributed by atoms with E-state index in [-0.39, 0.29) is 11.2 Å². The second-order valence-corrected chi connectivity index (χ2v) is 6.33. The molecule has 2 N–H and O–H groups in total. The third-order valence-corrected chi connectivity index (χ3v) is 4.36. The Labute approximate surface area is 150 Å². The number of nitrogen functional groups attached to an aromatic ring is 1. The van der Waals surface area contributed by atoms with Crippen LogP contribution in [0.5, 0.6) is 5.75 Å². The van der Waals surface area contributed by atoms with Crippen LogP contribution in [-0.4, -0.2) is 17.1 Å². The number of hydrogen-bond donors (Lipinski definition) is 1. The van der Waals surface area contributed by atoms with Crippen LogP contribution in [0, 0.1) is 0 Å². The minimum absolute atomic E-state index is 0.0893. The Hall–Kier alpha value is -2.93. The van der Waals surface area contributed by atoms with Gasteiger partial charge in [0.2, 0.25) is 0 Å². The van der Waals surface area contributed by atoms with Crippen LogP contribution < -0.4 is 16.1 Å². The number of rotatable bonds is 2. The number of benzene rings is 2. The fraction of sp³-hybridized carbons (Fsp3) is 0.0556. The van der Waals surface area contributed by atoms with E-state index in [0.29, 0.717) is 28.1 Å². The number of hydrogen-bond acceptors (Lipinski definition) is 6. The molecule has 0 amide bonds. The van der Waals surface area contributed by atoms with Crippen molar-refractivity contribution in [3.05, 3.63) is 57.4 Å². The van der Waals surface area contributed by atoms with Gasteiger partial charge < -0.3 is 14.9 Å². The molecule has 124 valence electrons. The fourth-order valence-corrected chi connectivity index (χ4v) is 3.09. The zero-order valence-corrected chi connectivity index (χ0v) is 14.7. The lowest BCUT2D eigenvalue weighted by atomic mass is 10.1. The number of anilines is 1. The lowest BCUT2D eigenvalue weighted by Crippen LogP contribution is -2.08. The largest absolute Gasteiger partial charge is 0.497 e. The molecule has 2 heterocycles. The van der Waals surface area contributed by atoms with E-state index in [1.54, 1.807) is 25.3 Å². The zero-order valence-electron chi connectivity index (χ0n) is 13.1. The molecular formula is C18H12BrN3O3. The van der Waals surface area contributed by atoms with Gasteiger partial charge in [-0.25, -0.2) is 14.8 Å². The SMILES string of the molecule is COc1ccc2c(c1)oc(=O)c1c(N)nc(-c3cccc(Br)c3)nc12. The molecule has 0 radical (unpaired) electrons. The Morgan fingerprint density at radius 1 is 1.16 bits per heavy atom. The lowest BCUT2D eigenvalue weighted by molar-refractivity contribution is 0.414. The summed E-state index contributed by atoms with van der Waals surface area (Å²) in [6.45, 7) is 0. The normalized spacial score (nSPS) is 11.1. The summed E-state index contributed by atoms with van der Waals surface area (Å²) in [7, 11) is 1.55. The number of ether oxygens (including phenoxy) is 1. The summed E-state index contributed by atoms with van der Waals surface area (Å²) in [6.07, 6.45) is 0. The molecule has 0 aliphatic heterocycles. The van der Waals surface area contributed by atoms with Gasteiger partial charge in [-0.15, -0.1) is 0 Å². The Bertz CT molecular complexity index is 1190. The van der Waals surface area contributed by atoms with Crippen LogP contribution in [0.2, 0.25) is 0 Å². The maximum Gasteiger partial charge on any atom is 0.349 e. The highest BCUT2D eigenvalue weighted by molar-refractivity contribution is 9.10. The van der Waals surface area contributed by atoms with Crippen LogP contribution in [0.15, 0.2) is 56.1 Å². The van der Waals surface area contributed by atoms with Crippen molar-refractivity contribution in [2.24, 2.45) is 0 Å². The second kappa shape index (κ2) is 5.86. The highest BCUT2D eigenvalue weighted by Crippen LogP contribution is 2.29. The van der Waals surface area contributed by atoms with E-state index in [1.165, 1.54) is 0 Å². The molecule has 0 fully saturated rings. The summed E-state index contributed by atoms with van der Waals surface area (Å²) < 4.78 is 11.4. The average Bonchev–Trinajstić information content (AvgIpc) is 2.60. The molecule has 4 aromatic rings. The van der Waals surface area contributed by atoms with E-state index in [9.17, 15) is 4.79 Å². The van der Waals surface area contributed by atoms with Crippen molar-refractivity contribution in [3.8, 4) is 17.1 Å². The van der Waals surface area contributed by atoms with Gasteiger partial charge in [0, 0.05) is 21.5 Å². The molecule has 4 rings (SSSR count). The van der Waals surface area contributed by atoms with E-state index in [2.05, 4.69) is 25.9 Å².